The first-order valence-corrected chi connectivity index (χ1v) is 28.8. The minimum Gasteiger partial charge on any atom is -0.508 e. The number of para-hydroxylation sites is 1. The van der Waals surface area contributed by atoms with Crippen LogP contribution in [0.15, 0.2) is 127 Å². The van der Waals surface area contributed by atoms with Gasteiger partial charge in [0.1, 0.15) is 41.1 Å². The standard InChI is InChI=1S/C25H34O5.C25H36O4.2C10H14O/c1-7-17(2)18-11-13-19(14-12-18)29-16-15-22(26)30-23-20(24(3,4)27)9-8-10-21(23)25(5,6)28;1-9-17(2)19-10-12-20(13-11-19)29-16-18-14-21(24(3,4)27-7)23(26)22(15-18)25(5,6)28-8;2*1-3-8(2)9-4-6-10(11)7-5-9/h8-14,17,27-28H,7,15-16H2,1-6H3;10-15,17,26H,9,16H2,1-8H3;2*4-8,11H,3H2,1-2H3. The van der Waals surface area contributed by atoms with Crippen LogP contribution in [0.1, 0.15) is 217 Å². The number of hydrogen-bond acceptors (Lipinski definition) is 11. The highest BCUT2D eigenvalue weighted by Gasteiger charge is 2.32. The number of methoxy groups -OCH3 is 2. The normalized spacial score (nSPS) is 13.1. The summed E-state index contributed by atoms with van der Waals surface area (Å²) in [4.78, 5) is 12.5. The van der Waals surface area contributed by atoms with Gasteiger partial charge in [-0.2, -0.15) is 0 Å². The second kappa shape index (κ2) is 31.7. The van der Waals surface area contributed by atoms with E-state index in [1.54, 1.807) is 84.4 Å². The van der Waals surface area contributed by atoms with Gasteiger partial charge in [0.05, 0.1) is 35.4 Å². The van der Waals surface area contributed by atoms with E-state index in [9.17, 15) is 20.1 Å². The third kappa shape index (κ3) is 21.5. The van der Waals surface area contributed by atoms with Crippen LogP contribution >= 0.6 is 0 Å². The topological polar surface area (TPSA) is 164 Å². The molecule has 11 heteroatoms. The zero-order valence-electron chi connectivity index (χ0n) is 52.1. The van der Waals surface area contributed by atoms with E-state index in [4.69, 9.17) is 33.9 Å². The summed E-state index contributed by atoms with van der Waals surface area (Å²) >= 11 is 0. The third-order valence-electron chi connectivity index (χ3n) is 15.3. The average Bonchev–Trinajstić information content (AvgIpc) is 3.49. The van der Waals surface area contributed by atoms with Crippen LogP contribution in [0.5, 0.6) is 34.5 Å². The second-order valence-electron chi connectivity index (χ2n) is 23.2. The number of phenolic OH excluding ortho intramolecular Hbond substituents is 3. The van der Waals surface area contributed by atoms with Gasteiger partial charge in [-0.3, -0.25) is 4.79 Å². The van der Waals surface area contributed by atoms with Crippen molar-refractivity contribution in [3.05, 3.63) is 177 Å². The van der Waals surface area contributed by atoms with Crippen LogP contribution < -0.4 is 14.2 Å². The molecule has 0 radical (unpaired) electrons. The largest absolute Gasteiger partial charge is 0.508 e. The summed E-state index contributed by atoms with van der Waals surface area (Å²) in [7, 11) is 3.28. The van der Waals surface area contributed by atoms with Crippen LogP contribution in [0.3, 0.4) is 0 Å². The quantitative estimate of drug-likeness (QED) is 0.0325. The SMILES string of the molecule is CCC(C)c1ccc(O)cc1.CCC(C)c1ccc(O)cc1.CCC(C)c1ccc(OCCC(=O)Oc2c(C(C)(C)O)cccc2C(C)(C)O)cc1.CCC(C)c1ccc(OCc2cc(C(C)(C)OC)c(O)c(C(C)(C)OC)c2)cc1. The maximum Gasteiger partial charge on any atom is 0.314 e. The van der Waals surface area contributed by atoms with Crippen LogP contribution in [0, 0.1) is 0 Å². The number of aliphatic hydroxyl groups is 2. The maximum absolute atomic E-state index is 12.5. The molecule has 0 bridgehead atoms. The van der Waals surface area contributed by atoms with Crippen molar-refractivity contribution in [1.82, 2.24) is 0 Å². The molecule has 0 saturated carbocycles. The van der Waals surface area contributed by atoms with Crippen LogP contribution in [0.25, 0.3) is 0 Å². The van der Waals surface area contributed by atoms with Gasteiger partial charge < -0.3 is 49.2 Å². The highest BCUT2D eigenvalue weighted by Crippen LogP contribution is 2.42. The van der Waals surface area contributed by atoms with Crippen molar-refractivity contribution >= 4 is 5.97 Å². The smallest absolute Gasteiger partial charge is 0.314 e. The van der Waals surface area contributed by atoms with Gasteiger partial charge in [0.15, 0.2) is 0 Å². The molecule has 0 amide bonds. The Balaban J connectivity index is 0.000000311. The van der Waals surface area contributed by atoms with Gasteiger partial charge in [0, 0.05) is 36.5 Å². The predicted octanol–water partition coefficient (Wildman–Crippen LogP) is 17.1. The van der Waals surface area contributed by atoms with E-state index in [-0.39, 0.29) is 24.5 Å². The lowest BCUT2D eigenvalue weighted by molar-refractivity contribution is -0.135. The number of aromatic hydroxyl groups is 3. The van der Waals surface area contributed by atoms with Crippen molar-refractivity contribution in [2.75, 3.05) is 20.8 Å². The molecule has 5 N–H and O–H groups in total. The number of hydrogen-bond donors (Lipinski definition) is 5. The number of benzene rings is 6. The number of phenols is 3. The van der Waals surface area contributed by atoms with Gasteiger partial charge in [-0.25, -0.2) is 0 Å². The Morgan fingerprint density at radius 1 is 0.469 bits per heavy atom. The van der Waals surface area contributed by atoms with Crippen LogP contribution in [-0.2, 0) is 43.3 Å². The van der Waals surface area contributed by atoms with Crippen molar-refractivity contribution < 1.29 is 54.0 Å². The highest BCUT2D eigenvalue weighted by molar-refractivity contribution is 5.74. The Hall–Kier alpha value is -6.37. The fourth-order valence-corrected chi connectivity index (χ4v) is 8.44. The monoisotopic (exact) mass is 1110 g/mol. The van der Waals surface area contributed by atoms with Crippen molar-refractivity contribution in [1.29, 1.82) is 0 Å². The van der Waals surface area contributed by atoms with Crippen molar-refractivity contribution in [2.24, 2.45) is 0 Å². The molecule has 4 unspecified atom stereocenters. The summed E-state index contributed by atoms with van der Waals surface area (Å²) in [5.74, 6) is 4.34. The van der Waals surface area contributed by atoms with Crippen molar-refractivity contribution in [3.63, 3.8) is 0 Å². The lowest BCUT2D eigenvalue weighted by Crippen LogP contribution is -2.25. The summed E-state index contributed by atoms with van der Waals surface area (Å²) in [6, 6.07) is 40.0. The first-order chi connectivity index (χ1) is 38.0. The molecule has 6 aromatic carbocycles. The molecule has 6 aromatic rings. The average molecular weight is 1120 g/mol. The van der Waals surface area contributed by atoms with E-state index in [1.165, 1.54) is 22.3 Å². The fourth-order valence-electron chi connectivity index (χ4n) is 8.44. The van der Waals surface area contributed by atoms with Crippen LogP contribution in [0.4, 0.5) is 0 Å². The molecule has 4 atom stereocenters. The Kier molecular flexibility index (Phi) is 27.0. The maximum atomic E-state index is 12.5. The molecule has 6 rings (SSSR count). The predicted molar refractivity (Wildman–Crippen MR) is 329 cm³/mol. The van der Waals surface area contributed by atoms with E-state index < -0.39 is 28.4 Å². The number of rotatable bonds is 22. The Labute approximate surface area is 486 Å². The fraction of sp³-hybridized carbons (Fsp3) is 0.471. The van der Waals surface area contributed by atoms with Gasteiger partial charge in [-0.15, -0.1) is 0 Å². The summed E-state index contributed by atoms with van der Waals surface area (Å²) in [6.45, 7) is 32.2. The molecule has 0 aliphatic carbocycles. The Morgan fingerprint density at radius 3 is 1.10 bits per heavy atom. The van der Waals surface area contributed by atoms with E-state index in [2.05, 4.69) is 67.5 Å². The van der Waals surface area contributed by atoms with Gasteiger partial charge in [-0.1, -0.05) is 122 Å². The van der Waals surface area contributed by atoms with E-state index >= 15 is 0 Å². The minimum atomic E-state index is -1.23. The van der Waals surface area contributed by atoms with Gasteiger partial charge >= 0.3 is 5.97 Å². The molecule has 0 spiro atoms. The number of carbonyl (C=O) groups excluding carboxylic acids is 1. The number of ether oxygens (including phenoxy) is 5. The molecule has 0 fully saturated rings. The van der Waals surface area contributed by atoms with Crippen LogP contribution in [-0.4, -0.2) is 52.3 Å². The molecular weight excluding hydrogens is 1020 g/mol. The third-order valence-corrected chi connectivity index (χ3v) is 15.3. The van der Waals surface area contributed by atoms with E-state index in [0.717, 1.165) is 37.0 Å². The molecule has 0 saturated heterocycles. The molecule has 0 heterocycles. The lowest BCUT2D eigenvalue weighted by atomic mass is 9.87. The molecule has 444 valence electrons. The van der Waals surface area contributed by atoms with Gasteiger partial charge in [0.2, 0.25) is 0 Å². The molecular formula is C70H98O11. The molecule has 0 aromatic heterocycles. The summed E-state index contributed by atoms with van der Waals surface area (Å²) in [5.41, 5.74) is 4.69. The van der Waals surface area contributed by atoms with Gasteiger partial charge in [-0.05, 0) is 193 Å². The van der Waals surface area contributed by atoms with Crippen LogP contribution in [0.2, 0.25) is 0 Å². The molecule has 0 aliphatic rings. The highest BCUT2D eigenvalue weighted by atomic mass is 16.5. The lowest BCUT2D eigenvalue weighted by Gasteiger charge is -2.31. The summed E-state index contributed by atoms with van der Waals surface area (Å²) in [6.07, 6.45) is 4.52. The summed E-state index contributed by atoms with van der Waals surface area (Å²) in [5, 5.41) is 49.9. The molecule has 81 heavy (non-hydrogen) atoms. The van der Waals surface area contributed by atoms with E-state index in [1.807, 2.05) is 100 Å². The van der Waals surface area contributed by atoms with E-state index in [0.29, 0.717) is 69.8 Å². The van der Waals surface area contributed by atoms with Crippen molar-refractivity contribution in [2.45, 2.75) is 196 Å². The zero-order valence-corrected chi connectivity index (χ0v) is 52.1. The number of esters is 1. The minimum absolute atomic E-state index is 0.0403. The molecule has 0 aliphatic heterocycles. The second-order valence-corrected chi connectivity index (χ2v) is 23.2. The zero-order chi connectivity index (χ0) is 60.9. The Bertz CT molecular complexity index is 2660. The first-order valence-electron chi connectivity index (χ1n) is 28.8. The first kappa shape index (κ1) is 68.9. The van der Waals surface area contributed by atoms with Crippen molar-refractivity contribution in [3.8, 4) is 34.5 Å². The molecule has 11 nitrogen and oxygen atoms in total. The Morgan fingerprint density at radius 2 is 0.790 bits per heavy atom. The number of carbonyl (C=O) groups is 1. The van der Waals surface area contributed by atoms with Gasteiger partial charge in [0.25, 0.3) is 0 Å². The summed E-state index contributed by atoms with van der Waals surface area (Å²) < 4.78 is 28.6.